The normalized spacial score (nSPS) is 18.7. The van der Waals surface area contributed by atoms with E-state index in [9.17, 15) is 4.79 Å². The Morgan fingerprint density at radius 3 is 2.95 bits per heavy atom. The van der Waals surface area contributed by atoms with Crippen molar-refractivity contribution in [3.8, 4) is 0 Å². The minimum Gasteiger partial charge on any atom is -0.365 e. The smallest absolute Gasteiger partial charge is 0.287 e. The van der Waals surface area contributed by atoms with Gasteiger partial charge in [-0.3, -0.25) is 4.79 Å². The number of hydrogen-bond donors (Lipinski definition) is 1. The Labute approximate surface area is 131 Å². The van der Waals surface area contributed by atoms with Crippen LogP contribution in [0.15, 0.2) is 11.0 Å². The second-order valence-corrected chi connectivity index (χ2v) is 5.89. The van der Waals surface area contributed by atoms with Gasteiger partial charge in [0.1, 0.15) is 5.02 Å². The number of halogens is 1. The van der Waals surface area contributed by atoms with Gasteiger partial charge in [0.05, 0.1) is 11.9 Å². The topological polar surface area (TPSA) is 50.2 Å². The van der Waals surface area contributed by atoms with Crippen molar-refractivity contribution < 1.29 is 0 Å². The van der Waals surface area contributed by atoms with Gasteiger partial charge in [0.15, 0.2) is 0 Å². The van der Waals surface area contributed by atoms with Crippen LogP contribution in [0.3, 0.4) is 0 Å². The van der Waals surface area contributed by atoms with E-state index in [2.05, 4.69) is 29.2 Å². The number of likely N-dealkylation sites (N-methyl/N-ethyl adjacent to an activating group) is 1. The van der Waals surface area contributed by atoms with E-state index in [4.69, 9.17) is 11.6 Å². The predicted octanol–water partition coefficient (Wildman–Crippen LogP) is 2.28. The summed E-state index contributed by atoms with van der Waals surface area (Å²) >= 11 is 6.33. The lowest BCUT2D eigenvalue weighted by atomic mass is 10.1. The fraction of sp³-hybridized carbons (Fsp3) is 0.733. The molecule has 5 nitrogen and oxygen atoms in total. The summed E-state index contributed by atoms with van der Waals surface area (Å²) in [7, 11) is 0. The first kappa shape index (κ1) is 16.3. The van der Waals surface area contributed by atoms with Crippen molar-refractivity contribution in [1.82, 2.24) is 15.1 Å². The van der Waals surface area contributed by atoms with Crippen molar-refractivity contribution in [2.45, 2.75) is 52.1 Å². The van der Waals surface area contributed by atoms with E-state index < -0.39 is 0 Å². The second-order valence-electron chi connectivity index (χ2n) is 5.51. The van der Waals surface area contributed by atoms with Gasteiger partial charge < -0.3 is 10.2 Å². The van der Waals surface area contributed by atoms with E-state index in [0.29, 0.717) is 17.6 Å². The molecule has 1 aromatic heterocycles. The number of rotatable bonds is 6. The number of nitrogens with zero attached hydrogens (tertiary/aromatic N) is 3. The van der Waals surface area contributed by atoms with Crippen LogP contribution in [0.25, 0.3) is 0 Å². The molecule has 0 radical (unpaired) electrons. The highest BCUT2D eigenvalue weighted by Crippen LogP contribution is 2.25. The second kappa shape index (κ2) is 7.80. The van der Waals surface area contributed by atoms with E-state index in [1.54, 1.807) is 6.20 Å². The van der Waals surface area contributed by atoms with Gasteiger partial charge in [-0.15, -0.1) is 0 Å². The highest BCUT2D eigenvalue weighted by atomic mass is 35.5. The average Bonchev–Trinajstić information content (AvgIpc) is 2.52. The molecule has 0 aliphatic carbocycles. The third-order valence-corrected chi connectivity index (χ3v) is 4.41. The molecule has 2 heterocycles. The van der Waals surface area contributed by atoms with E-state index in [0.717, 1.165) is 51.0 Å². The summed E-state index contributed by atoms with van der Waals surface area (Å²) in [6.45, 7) is 7.64. The van der Waals surface area contributed by atoms with Crippen LogP contribution in [-0.2, 0) is 6.54 Å². The van der Waals surface area contributed by atoms with Crippen LogP contribution in [0.2, 0.25) is 5.02 Å². The van der Waals surface area contributed by atoms with Gasteiger partial charge in [0.2, 0.25) is 0 Å². The lowest BCUT2D eigenvalue weighted by Gasteiger charge is -2.35. The van der Waals surface area contributed by atoms with Gasteiger partial charge in [0, 0.05) is 25.7 Å². The zero-order chi connectivity index (χ0) is 15.2. The standard InChI is InChI=1S/C15H25ClN4O/c1-3-5-9-20-15(21)14(16)13(11-18-20)19(4-2)12-7-6-8-17-10-12/h11-12,17H,3-10H2,1-2H3. The van der Waals surface area contributed by atoms with Crippen LogP contribution in [0.1, 0.15) is 39.5 Å². The molecule has 1 atom stereocenters. The van der Waals surface area contributed by atoms with Gasteiger partial charge in [-0.2, -0.15) is 5.10 Å². The molecule has 0 spiro atoms. The Morgan fingerprint density at radius 1 is 1.52 bits per heavy atom. The molecule has 1 saturated heterocycles. The van der Waals surface area contributed by atoms with E-state index in [1.807, 2.05) is 0 Å². The van der Waals surface area contributed by atoms with E-state index >= 15 is 0 Å². The third-order valence-electron chi connectivity index (χ3n) is 4.05. The Kier molecular flexibility index (Phi) is 6.06. The highest BCUT2D eigenvalue weighted by Gasteiger charge is 2.23. The van der Waals surface area contributed by atoms with Crippen LogP contribution in [0, 0.1) is 0 Å². The van der Waals surface area contributed by atoms with Gasteiger partial charge in [0.25, 0.3) is 5.56 Å². The molecule has 2 rings (SSSR count). The fourth-order valence-corrected chi connectivity index (χ4v) is 3.10. The van der Waals surface area contributed by atoms with Crippen LogP contribution in [-0.4, -0.2) is 35.5 Å². The van der Waals surface area contributed by atoms with Crippen molar-refractivity contribution in [2.24, 2.45) is 0 Å². The molecule has 118 valence electrons. The van der Waals surface area contributed by atoms with E-state index in [-0.39, 0.29) is 5.56 Å². The minimum absolute atomic E-state index is 0.176. The van der Waals surface area contributed by atoms with Gasteiger partial charge in [-0.05, 0) is 32.7 Å². The molecule has 1 aliphatic rings. The van der Waals surface area contributed by atoms with Crippen LogP contribution < -0.4 is 15.8 Å². The lowest BCUT2D eigenvalue weighted by Crippen LogP contribution is -2.46. The number of nitrogens with one attached hydrogen (secondary N) is 1. The highest BCUT2D eigenvalue weighted by molar-refractivity contribution is 6.33. The molecule has 6 heteroatoms. The van der Waals surface area contributed by atoms with Crippen LogP contribution >= 0.6 is 11.6 Å². The van der Waals surface area contributed by atoms with Crippen molar-refractivity contribution in [3.63, 3.8) is 0 Å². The monoisotopic (exact) mass is 312 g/mol. The number of aromatic nitrogens is 2. The first-order valence-electron chi connectivity index (χ1n) is 7.92. The van der Waals surface area contributed by atoms with Gasteiger partial charge >= 0.3 is 0 Å². The summed E-state index contributed by atoms with van der Waals surface area (Å²) in [5.41, 5.74) is 0.593. The maximum absolute atomic E-state index is 12.3. The predicted molar refractivity (Wildman–Crippen MR) is 87.3 cm³/mol. The number of piperidine rings is 1. The van der Waals surface area contributed by atoms with Crippen molar-refractivity contribution >= 4 is 17.3 Å². The number of aryl methyl sites for hydroxylation is 1. The van der Waals surface area contributed by atoms with E-state index in [1.165, 1.54) is 4.68 Å². The molecule has 0 bridgehead atoms. The Morgan fingerprint density at radius 2 is 2.33 bits per heavy atom. The Balaban J connectivity index is 2.25. The number of hydrogen-bond acceptors (Lipinski definition) is 4. The van der Waals surface area contributed by atoms with Crippen molar-refractivity contribution in [1.29, 1.82) is 0 Å². The SMILES string of the molecule is CCCCn1ncc(N(CC)C2CCCNC2)c(Cl)c1=O. The molecular formula is C15H25ClN4O. The Hall–Kier alpha value is -1.07. The summed E-state index contributed by atoms with van der Waals surface area (Å²) in [6, 6.07) is 0.383. The largest absolute Gasteiger partial charge is 0.365 e. The average molecular weight is 313 g/mol. The summed E-state index contributed by atoms with van der Waals surface area (Å²) in [4.78, 5) is 14.5. The molecule has 21 heavy (non-hydrogen) atoms. The molecule has 1 aliphatic heterocycles. The molecule has 1 unspecified atom stereocenters. The fourth-order valence-electron chi connectivity index (χ4n) is 2.85. The summed E-state index contributed by atoms with van der Waals surface area (Å²) in [5, 5.41) is 8.00. The zero-order valence-electron chi connectivity index (χ0n) is 12.9. The van der Waals surface area contributed by atoms with Crippen molar-refractivity contribution in [3.05, 3.63) is 21.6 Å². The minimum atomic E-state index is -0.176. The molecule has 1 aromatic rings. The molecule has 1 N–H and O–H groups in total. The summed E-state index contributed by atoms with van der Waals surface area (Å²) in [6.07, 6.45) is 5.99. The van der Waals surface area contributed by atoms with Crippen LogP contribution in [0.4, 0.5) is 5.69 Å². The molecular weight excluding hydrogens is 288 g/mol. The third kappa shape index (κ3) is 3.77. The molecule has 0 aromatic carbocycles. The zero-order valence-corrected chi connectivity index (χ0v) is 13.7. The molecule has 1 fully saturated rings. The molecule has 0 amide bonds. The first-order valence-corrected chi connectivity index (χ1v) is 8.29. The number of anilines is 1. The van der Waals surface area contributed by atoms with Gasteiger partial charge in [-0.1, -0.05) is 24.9 Å². The lowest BCUT2D eigenvalue weighted by molar-refractivity contribution is 0.434. The quantitative estimate of drug-likeness (QED) is 0.875. The summed E-state index contributed by atoms with van der Waals surface area (Å²) in [5.74, 6) is 0. The maximum Gasteiger partial charge on any atom is 0.287 e. The van der Waals surface area contributed by atoms with Gasteiger partial charge in [-0.25, -0.2) is 4.68 Å². The maximum atomic E-state index is 12.3. The number of unbranched alkanes of at least 4 members (excludes halogenated alkanes) is 1. The first-order chi connectivity index (χ1) is 10.2. The van der Waals surface area contributed by atoms with Crippen LogP contribution in [0.5, 0.6) is 0 Å². The Bertz CT molecular complexity index is 511. The van der Waals surface area contributed by atoms with Crippen molar-refractivity contribution in [2.75, 3.05) is 24.5 Å². The molecule has 0 saturated carbocycles. The summed E-state index contributed by atoms with van der Waals surface area (Å²) < 4.78 is 1.47.